The minimum atomic E-state index is -0.433. The maximum absolute atomic E-state index is 11.9. The second-order valence-corrected chi connectivity index (χ2v) is 5.24. The molecule has 0 aliphatic carbocycles. The normalized spacial score (nSPS) is 21.4. The molecule has 1 aliphatic rings. The number of ether oxygens (including phenoxy) is 2. The molecule has 0 aromatic rings. The summed E-state index contributed by atoms with van der Waals surface area (Å²) >= 11 is 0. The number of nitrogens with one attached hydrogen (secondary N) is 1. The lowest BCUT2D eigenvalue weighted by Crippen LogP contribution is -2.55. The molecule has 1 atom stereocenters. The Morgan fingerprint density at radius 2 is 2.18 bits per heavy atom. The van der Waals surface area contributed by atoms with Crippen LogP contribution in [0.2, 0.25) is 0 Å². The Kier molecular flexibility index (Phi) is 5.21. The van der Waals surface area contributed by atoms with Crippen molar-refractivity contribution < 1.29 is 14.3 Å². The number of piperazine rings is 1. The fourth-order valence-electron chi connectivity index (χ4n) is 1.69. The molecule has 1 rings (SSSR count). The van der Waals surface area contributed by atoms with Crippen LogP contribution in [0.1, 0.15) is 27.7 Å². The molecule has 0 aromatic carbocycles. The van der Waals surface area contributed by atoms with Crippen molar-refractivity contribution in [2.45, 2.75) is 39.3 Å². The fourth-order valence-corrected chi connectivity index (χ4v) is 1.69. The molecule has 0 aromatic heterocycles. The Labute approximate surface area is 103 Å². The second-order valence-electron chi connectivity index (χ2n) is 5.24. The van der Waals surface area contributed by atoms with E-state index in [9.17, 15) is 4.79 Å². The predicted octanol–water partition coefficient (Wildman–Crippen LogP) is 1.23. The molecular weight excluding hydrogens is 220 g/mol. The fraction of sp³-hybridized carbons (Fsp3) is 0.917. The summed E-state index contributed by atoms with van der Waals surface area (Å²) in [6.45, 7) is 11.1. The number of carbonyl (C=O) groups excluding carboxylic acids is 1. The highest BCUT2D eigenvalue weighted by molar-refractivity contribution is 5.68. The lowest BCUT2D eigenvalue weighted by Gasteiger charge is -2.34. The van der Waals surface area contributed by atoms with E-state index in [1.54, 1.807) is 4.90 Å². The molecule has 5 heteroatoms. The first-order valence-corrected chi connectivity index (χ1v) is 6.21. The van der Waals surface area contributed by atoms with E-state index in [2.05, 4.69) is 5.32 Å². The first-order valence-electron chi connectivity index (χ1n) is 6.21. The molecule has 100 valence electrons. The van der Waals surface area contributed by atoms with Crippen molar-refractivity contribution in [2.75, 3.05) is 32.8 Å². The number of hydrogen-bond acceptors (Lipinski definition) is 4. The van der Waals surface area contributed by atoms with Crippen LogP contribution in [0.4, 0.5) is 4.79 Å². The van der Waals surface area contributed by atoms with Crippen molar-refractivity contribution >= 4 is 6.09 Å². The SMILES string of the molecule is CCOC[C@H]1CN(C(=O)OC(C)(C)C)CCN1. The van der Waals surface area contributed by atoms with E-state index >= 15 is 0 Å². The van der Waals surface area contributed by atoms with Gasteiger partial charge in [0, 0.05) is 32.3 Å². The van der Waals surface area contributed by atoms with Gasteiger partial charge in [-0.2, -0.15) is 0 Å². The standard InChI is InChI=1S/C12H24N2O3/c1-5-16-9-10-8-14(7-6-13-10)11(15)17-12(2,3)4/h10,13H,5-9H2,1-4H3/t10-/m1/s1. The van der Waals surface area contributed by atoms with Gasteiger partial charge in [0.25, 0.3) is 0 Å². The van der Waals surface area contributed by atoms with Crippen molar-refractivity contribution in [3.05, 3.63) is 0 Å². The van der Waals surface area contributed by atoms with Crippen LogP contribution in [0, 0.1) is 0 Å². The monoisotopic (exact) mass is 244 g/mol. The van der Waals surface area contributed by atoms with Crippen LogP contribution in [0.15, 0.2) is 0 Å². The van der Waals surface area contributed by atoms with E-state index in [0.29, 0.717) is 26.3 Å². The minimum absolute atomic E-state index is 0.205. The zero-order chi connectivity index (χ0) is 12.9. The lowest BCUT2D eigenvalue weighted by atomic mass is 10.2. The molecule has 0 radical (unpaired) electrons. The summed E-state index contributed by atoms with van der Waals surface area (Å²) in [5.74, 6) is 0. The molecule has 0 bridgehead atoms. The number of carbonyl (C=O) groups is 1. The first-order chi connectivity index (χ1) is 7.92. The molecule has 1 N–H and O–H groups in total. The zero-order valence-electron chi connectivity index (χ0n) is 11.3. The molecule has 1 aliphatic heterocycles. The van der Waals surface area contributed by atoms with Gasteiger partial charge in [-0.3, -0.25) is 0 Å². The van der Waals surface area contributed by atoms with Crippen molar-refractivity contribution in [3.8, 4) is 0 Å². The Morgan fingerprint density at radius 1 is 1.47 bits per heavy atom. The van der Waals surface area contributed by atoms with Crippen LogP contribution in [0.5, 0.6) is 0 Å². The maximum Gasteiger partial charge on any atom is 0.410 e. The van der Waals surface area contributed by atoms with E-state index in [1.807, 2.05) is 27.7 Å². The lowest BCUT2D eigenvalue weighted by molar-refractivity contribution is 0.0143. The number of amides is 1. The molecule has 1 fully saturated rings. The van der Waals surface area contributed by atoms with Crippen molar-refractivity contribution in [1.82, 2.24) is 10.2 Å². The van der Waals surface area contributed by atoms with Gasteiger partial charge < -0.3 is 19.7 Å². The largest absolute Gasteiger partial charge is 0.444 e. The van der Waals surface area contributed by atoms with Gasteiger partial charge in [-0.05, 0) is 27.7 Å². The molecule has 17 heavy (non-hydrogen) atoms. The number of nitrogens with zero attached hydrogens (tertiary/aromatic N) is 1. The molecular formula is C12H24N2O3. The van der Waals surface area contributed by atoms with Gasteiger partial charge in [-0.1, -0.05) is 0 Å². The molecule has 5 nitrogen and oxygen atoms in total. The van der Waals surface area contributed by atoms with E-state index in [0.717, 1.165) is 6.54 Å². The molecule has 1 amide bonds. The highest BCUT2D eigenvalue weighted by Gasteiger charge is 2.27. The van der Waals surface area contributed by atoms with E-state index in [-0.39, 0.29) is 12.1 Å². The zero-order valence-corrected chi connectivity index (χ0v) is 11.3. The van der Waals surface area contributed by atoms with Gasteiger partial charge in [-0.25, -0.2) is 4.79 Å². The average molecular weight is 244 g/mol. The van der Waals surface area contributed by atoms with Crippen LogP contribution in [0.25, 0.3) is 0 Å². The van der Waals surface area contributed by atoms with Gasteiger partial charge >= 0.3 is 6.09 Å². The summed E-state index contributed by atoms with van der Waals surface area (Å²) in [7, 11) is 0. The van der Waals surface area contributed by atoms with Crippen LogP contribution < -0.4 is 5.32 Å². The summed E-state index contributed by atoms with van der Waals surface area (Å²) in [4.78, 5) is 13.6. The van der Waals surface area contributed by atoms with Gasteiger partial charge in [0.05, 0.1) is 6.61 Å². The predicted molar refractivity (Wildman–Crippen MR) is 66.1 cm³/mol. The molecule has 0 unspecified atom stereocenters. The first kappa shape index (κ1) is 14.3. The van der Waals surface area contributed by atoms with Crippen molar-refractivity contribution in [1.29, 1.82) is 0 Å². The number of rotatable bonds is 3. The third kappa shape index (κ3) is 5.37. The molecule has 1 saturated heterocycles. The van der Waals surface area contributed by atoms with Crippen LogP contribution in [0.3, 0.4) is 0 Å². The molecule has 1 heterocycles. The van der Waals surface area contributed by atoms with E-state index in [4.69, 9.17) is 9.47 Å². The summed E-state index contributed by atoms with van der Waals surface area (Å²) in [5, 5.41) is 3.33. The van der Waals surface area contributed by atoms with Gasteiger partial charge in [0.15, 0.2) is 0 Å². The van der Waals surface area contributed by atoms with E-state index < -0.39 is 5.60 Å². The minimum Gasteiger partial charge on any atom is -0.444 e. The smallest absolute Gasteiger partial charge is 0.410 e. The second kappa shape index (κ2) is 6.21. The Hall–Kier alpha value is -0.810. The Morgan fingerprint density at radius 3 is 2.76 bits per heavy atom. The van der Waals surface area contributed by atoms with Crippen LogP contribution in [-0.2, 0) is 9.47 Å². The quantitative estimate of drug-likeness (QED) is 0.811. The summed E-state index contributed by atoms with van der Waals surface area (Å²) in [5.41, 5.74) is -0.433. The maximum atomic E-state index is 11.9. The van der Waals surface area contributed by atoms with Crippen LogP contribution in [-0.4, -0.2) is 55.5 Å². The summed E-state index contributed by atoms with van der Waals surface area (Å²) in [6.07, 6.45) is -0.236. The highest BCUT2D eigenvalue weighted by Crippen LogP contribution is 2.11. The van der Waals surface area contributed by atoms with Crippen molar-refractivity contribution in [3.63, 3.8) is 0 Å². The Bertz CT molecular complexity index is 251. The number of hydrogen-bond donors (Lipinski definition) is 1. The molecule has 0 saturated carbocycles. The summed E-state index contributed by atoms with van der Waals surface area (Å²) in [6, 6.07) is 0.205. The van der Waals surface area contributed by atoms with Crippen molar-refractivity contribution in [2.24, 2.45) is 0 Å². The highest BCUT2D eigenvalue weighted by atomic mass is 16.6. The molecule has 0 spiro atoms. The van der Waals surface area contributed by atoms with Gasteiger partial charge in [0.1, 0.15) is 5.60 Å². The van der Waals surface area contributed by atoms with Crippen LogP contribution >= 0.6 is 0 Å². The van der Waals surface area contributed by atoms with E-state index in [1.165, 1.54) is 0 Å². The topological polar surface area (TPSA) is 50.8 Å². The summed E-state index contributed by atoms with van der Waals surface area (Å²) < 4.78 is 10.7. The third-order valence-corrected chi connectivity index (χ3v) is 2.43. The van der Waals surface area contributed by atoms with Gasteiger partial charge in [0.2, 0.25) is 0 Å². The van der Waals surface area contributed by atoms with Gasteiger partial charge in [-0.15, -0.1) is 0 Å². The third-order valence-electron chi connectivity index (χ3n) is 2.43. The average Bonchev–Trinajstić information content (AvgIpc) is 2.24. The Balaban J connectivity index is 2.40.